The Labute approximate surface area is 119 Å². The minimum Gasteiger partial charge on any atom is -0.507 e. The van der Waals surface area contributed by atoms with Crippen LogP contribution in [-0.4, -0.2) is 5.11 Å². The van der Waals surface area contributed by atoms with Crippen molar-refractivity contribution in [2.24, 2.45) is 11.3 Å². The number of rotatable bonds is 3. The zero-order valence-corrected chi connectivity index (χ0v) is 13.7. The Kier molecular flexibility index (Phi) is 4.71. The second-order valence-corrected chi connectivity index (χ2v) is 7.74. The molecule has 0 bridgehead atoms. The van der Waals surface area contributed by atoms with Gasteiger partial charge in [0.2, 0.25) is 0 Å². The Bertz CT molecular complexity index is 418. The molecule has 1 aromatic rings. The van der Waals surface area contributed by atoms with Gasteiger partial charge in [-0.05, 0) is 34.3 Å². The topological polar surface area (TPSA) is 20.2 Å². The van der Waals surface area contributed by atoms with Gasteiger partial charge in [0, 0.05) is 0 Å². The lowest BCUT2D eigenvalue weighted by Crippen LogP contribution is -2.22. The molecule has 0 heterocycles. The molecule has 1 rings (SSSR count). The largest absolute Gasteiger partial charge is 0.507 e. The summed E-state index contributed by atoms with van der Waals surface area (Å²) >= 11 is 0. The summed E-state index contributed by atoms with van der Waals surface area (Å²) in [5, 5.41) is 10.5. The third-order valence-electron chi connectivity index (χ3n) is 4.11. The fourth-order valence-electron chi connectivity index (χ4n) is 2.69. The molecule has 1 N–H and O–H groups in total. The predicted octanol–water partition coefficient (Wildman–Crippen LogP) is 5.30. The fourth-order valence-corrected chi connectivity index (χ4v) is 2.69. The molecule has 0 spiro atoms. The van der Waals surface area contributed by atoms with Crippen molar-refractivity contribution >= 4 is 0 Å². The van der Waals surface area contributed by atoms with Crippen LogP contribution in [0.15, 0.2) is 18.2 Å². The highest BCUT2D eigenvalue weighted by Gasteiger charge is 2.26. The monoisotopic (exact) mass is 262 g/mol. The highest BCUT2D eigenvalue weighted by atomic mass is 16.3. The lowest BCUT2D eigenvalue weighted by molar-refractivity contribution is 0.229. The van der Waals surface area contributed by atoms with Gasteiger partial charge in [0.25, 0.3) is 0 Å². The van der Waals surface area contributed by atoms with Crippen molar-refractivity contribution in [3.8, 4) is 5.75 Å². The molecule has 0 aliphatic heterocycles. The van der Waals surface area contributed by atoms with Crippen molar-refractivity contribution < 1.29 is 5.11 Å². The summed E-state index contributed by atoms with van der Waals surface area (Å²) in [5.74, 6) is 1.09. The molecule has 1 atom stereocenters. The van der Waals surface area contributed by atoms with Crippen LogP contribution >= 0.6 is 0 Å². The minimum absolute atomic E-state index is 0.0104. The highest BCUT2D eigenvalue weighted by Crippen LogP contribution is 2.37. The molecule has 0 radical (unpaired) electrons. The van der Waals surface area contributed by atoms with Crippen molar-refractivity contribution in [3.05, 3.63) is 29.3 Å². The average molecular weight is 262 g/mol. The molecule has 0 saturated heterocycles. The molecule has 1 heteroatoms. The van der Waals surface area contributed by atoms with Gasteiger partial charge in [-0.15, -0.1) is 0 Å². The van der Waals surface area contributed by atoms with Gasteiger partial charge in [0.15, 0.2) is 0 Å². The molecule has 1 aromatic carbocycles. The van der Waals surface area contributed by atoms with Crippen LogP contribution in [0.2, 0.25) is 0 Å². The lowest BCUT2D eigenvalue weighted by Gasteiger charge is -2.31. The Morgan fingerprint density at radius 1 is 1.05 bits per heavy atom. The zero-order chi connectivity index (χ0) is 14.8. The van der Waals surface area contributed by atoms with Crippen molar-refractivity contribution in [1.82, 2.24) is 0 Å². The van der Waals surface area contributed by atoms with Gasteiger partial charge in [0.1, 0.15) is 5.75 Å². The maximum atomic E-state index is 10.5. The zero-order valence-electron chi connectivity index (χ0n) is 13.7. The molecule has 0 saturated carbocycles. The summed E-state index contributed by atoms with van der Waals surface area (Å²) < 4.78 is 0. The second kappa shape index (κ2) is 5.56. The van der Waals surface area contributed by atoms with E-state index < -0.39 is 0 Å². The fraction of sp³-hybridized carbons (Fsp3) is 0.667. The van der Waals surface area contributed by atoms with Crippen LogP contribution in [0.3, 0.4) is 0 Å². The standard InChI is InChI=1S/C18H30O/c1-8-14(17(2,3)4)12-13-10-9-11-15(16(13)19)18(5,6)7/h9-11,14,19H,8,12H2,1-7H3. The van der Waals surface area contributed by atoms with Gasteiger partial charge < -0.3 is 5.11 Å². The lowest BCUT2D eigenvalue weighted by atomic mass is 9.75. The number of phenolic OH excluding ortho intramolecular Hbond substituents is 1. The number of hydrogen-bond donors (Lipinski definition) is 1. The molecular weight excluding hydrogens is 232 g/mol. The first-order chi connectivity index (χ1) is 8.57. The van der Waals surface area contributed by atoms with E-state index in [0.29, 0.717) is 11.7 Å². The number of para-hydroxylation sites is 1. The van der Waals surface area contributed by atoms with E-state index in [-0.39, 0.29) is 10.8 Å². The van der Waals surface area contributed by atoms with Crippen molar-refractivity contribution in [1.29, 1.82) is 0 Å². The smallest absolute Gasteiger partial charge is 0.122 e. The minimum atomic E-state index is -0.0104. The Balaban J connectivity index is 3.10. The van der Waals surface area contributed by atoms with Crippen molar-refractivity contribution in [3.63, 3.8) is 0 Å². The van der Waals surface area contributed by atoms with E-state index >= 15 is 0 Å². The Hall–Kier alpha value is -0.980. The van der Waals surface area contributed by atoms with E-state index in [9.17, 15) is 5.11 Å². The number of hydrogen-bond acceptors (Lipinski definition) is 1. The molecule has 0 amide bonds. The third-order valence-corrected chi connectivity index (χ3v) is 4.11. The van der Waals surface area contributed by atoms with E-state index in [1.807, 2.05) is 6.07 Å². The molecule has 108 valence electrons. The van der Waals surface area contributed by atoms with Crippen LogP contribution in [0.25, 0.3) is 0 Å². The van der Waals surface area contributed by atoms with Crippen LogP contribution in [-0.2, 0) is 11.8 Å². The summed E-state index contributed by atoms with van der Waals surface area (Å²) in [6, 6.07) is 6.18. The molecule has 1 nitrogen and oxygen atoms in total. The first-order valence-corrected chi connectivity index (χ1v) is 7.38. The van der Waals surface area contributed by atoms with Gasteiger partial charge in [-0.3, -0.25) is 0 Å². The average Bonchev–Trinajstić information content (AvgIpc) is 2.24. The predicted molar refractivity (Wildman–Crippen MR) is 83.7 cm³/mol. The number of phenols is 1. The third kappa shape index (κ3) is 3.99. The van der Waals surface area contributed by atoms with Crippen LogP contribution in [0.5, 0.6) is 5.75 Å². The van der Waals surface area contributed by atoms with E-state index in [0.717, 1.165) is 24.0 Å². The van der Waals surface area contributed by atoms with Crippen molar-refractivity contribution in [2.45, 2.75) is 66.7 Å². The maximum absolute atomic E-state index is 10.5. The first-order valence-electron chi connectivity index (χ1n) is 7.38. The molecule has 0 aromatic heterocycles. The van der Waals surface area contributed by atoms with Gasteiger partial charge in [0.05, 0.1) is 0 Å². The summed E-state index contributed by atoms with van der Waals surface area (Å²) in [6.07, 6.45) is 2.10. The number of benzene rings is 1. The quantitative estimate of drug-likeness (QED) is 0.783. The van der Waals surface area contributed by atoms with Gasteiger partial charge in [-0.25, -0.2) is 0 Å². The van der Waals surface area contributed by atoms with E-state index in [2.05, 4.69) is 60.6 Å². The summed E-state index contributed by atoms with van der Waals surface area (Å²) in [6.45, 7) is 15.5. The molecule has 0 fully saturated rings. The van der Waals surface area contributed by atoms with E-state index in [1.54, 1.807) is 0 Å². The van der Waals surface area contributed by atoms with Crippen molar-refractivity contribution in [2.75, 3.05) is 0 Å². The van der Waals surface area contributed by atoms with Gasteiger partial charge >= 0.3 is 0 Å². The highest BCUT2D eigenvalue weighted by molar-refractivity contribution is 5.44. The maximum Gasteiger partial charge on any atom is 0.122 e. The van der Waals surface area contributed by atoms with Gasteiger partial charge in [-0.2, -0.15) is 0 Å². The first kappa shape index (κ1) is 16.1. The van der Waals surface area contributed by atoms with Crippen LogP contribution in [0.4, 0.5) is 0 Å². The molecule has 1 unspecified atom stereocenters. The van der Waals surface area contributed by atoms with Gasteiger partial charge in [-0.1, -0.05) is 73.1 Å². The molecule has 0 aliphatic carbocycles. The molecular formula is C18H30O. The van der Waals surface area contributed by atoms with Crippen LogP contribution in [0.1, 0.15) is 66.0 Å². The Morgan fingerprint density at radius 3 is 2.05 bits per heavy atom. The molecule has 19 heavy (non-hydrogen) atoms. The van der Waals surface area contributed by atoms with Crippen LogP contribution in [0, 0.1) is 11.3 Å². The van der Waals surface area contributed by atoms with Crippen LogP contribution < -0.4 is 0 Å². The van der Waals surface area contributed by atoms with E-state index in [1.165, 1.54) is 0 Å². The Morgan fingerprint density at radius 2 is 1.63 bits per heavy atom. The molecule has 0 aliphatic rings. The summed E-state index contributed by atoms with van der Waals surface area (Å²) in [7, 11) is 0. The number of aromatic hydroxyl groups is 1. The summed E-state index contributed by atoms with van der Waals surface area (Å²) in [4.78, 5) is 0. The second-order valence-electron chi connectivity index (χ2n) is 7.74. The summed E-state index contributed by atoms with van der Waals surface area (Å²) in [5.41, 5.74) is 2.41. The normalized spacial score (nSPS) is 14.5. The SMILES string of the molecule is CCC(Cc1cccc(C(C)(C)C)c1O)C(C)(C)C. The van der Waals surface area contributed by atoms with E-state index in [4.69, 9.17) is 0 Å².